The van der Waals surface area contributed by atoms with Crippen LogP contribution in [0.15, 0.2) is 24.3 Å². The molecule has 1 aromatic carbocycles. The molecule has 0 heterocycles. The first-order chi connectivity index (χ1) is 12.5. The Labute approximate surface area is 155 Å². The average Bonchev–Trinajstić information content (AvgIpc) is 2.57. The van der Waals surface area contributed by atoms with Crippen LogP contribution in [0.3, 0.4) is 0 Å². The number of rotatable bonds is 8. The highest BCUT2D eigenvalue weighted by Crippen LogP contribution is 2.34. The van der Waals surface area contributed by atoms with Gasteiger partial charge in [-0.05, 0) is 31.4 Å². The maximum absolute atomic E-state index is 12.9. The summed E-state index contributed by atoms with van der Waals surface area (Å²) >= 11 is 0. The lowest BCUT2D eigenvalue weighted by Gasteiger charge is -2.17. The summed E-state index contributed by atoms with van der Waals surface area (Å²) in [6.45, 7) is 4.72. The second-order valence-electron chi connectivity index (χ2n) is 6.37. The van der Waals surface area contributed by atoms with Crippen molar-refractivity contribution in [2.75, 3.05) is 11.9 Å². The van der Waals surface area contributed by atoms with Crippen molar-refractivity contribution in [3.63, 3.8) is 0 Å². The molecule has 1 atom stereocenters. The standard InChI is InChI=1S/C18H23F3N2O4/c1-11(2)8-9-15(24)22-10-16(25)27-12(3)17(26)23-14-7-5-4-6-13(14)18(19,20)21/h4-7,11-12H,8-10H2,1-3H3,(H,22,24)(H,23,26). The lowest BCUT2D eigenvalue weighted by atomic mass is 10.1. The number of esters is 1. The number of para-hydroxylation sites is 1. The first kappa shape index (κ1) is 22.5. The van der Waals surface area contributed by atoms with Crippen LogP contribution in [0, 0.1) is 5.92 Å². The van der Waals surface area contributed by atoms with Crippen LogP contribution < -0.4 is 10.6 Å². The Hall–Kier alpha value is -2.58. The molecule has 0 aliphatic heterocycles. The van der Waals surface area contributed by atoms with Gasteiger partial charge in [0.05, 0.1) is 11.3 Å². The molecule has 0 saturated heterocycles. The predicted octanol–water partition coefficient (Wildman–Crippen LogP) is 3.13. The molecule has 1 rings (SSSR count). The quantitative estimate of drug-likeness (QED) is 0.670. The predicted molar refractivity (Wildman–Crippen MR) is 92.7 cm³/mol. The number of nitrogens with one attached hydrogen (secondary N) is 2. The number of amides is 2. The molecule has 27 heavy (non-hydrogen) atoms. The molecule has 1 aromatic rings. The van der Waals surface area contributed by atoms with E-state index in [4.69, 9.17) is 4.74 Å². The topological polar surface area (TPSA) is 84.5 Å². The van der Waals surface area contributed by atoms with Gasteiger partial charge in [-0.1, -0.05) is 26.0 Å². The molecule has 9 heteroatoms. The molecule has 2 amide bonds. The molecule has 0 aliphatic carbocycles. The SMILES string of the molecule is CC(C)CCC(=O)NCC(=O)OC(C)C(=O)Nc1ccccc1C(F)(F)F. The van der Waals surface area contributed by atoms with E-state index < -0.39 is 42.0 Å². The largest absolute Gasteiger partial charge is 0.451 e. The second kappa shape index (κ2) is 9.94. The highest BCUT2D eigenvalue weighted by Gasteiger charge is 2.34. The van der Waals surface area contributed by atoms with Gasteiger partial charge >= 0.3 is 12.1 Å². The Morgan fingerprint density at radius 3 is 2.33 bits per heavy atom. The van der Waals surface area contributed by atoms with Crippen molar-refractivity contribution in [1.82, 2.24) is 5.32 Å². The van der Waals surface area contributed by atoms with Crippen LogP contribution in [0.2, 0.25) is 0 Å². The number of anilines is 1. The number of benzene rings is 1. The van der Waals surface area contributed by atoms with E-state index in [-0.39, 0.29) is 12.3 Å². The second-order valence-corrected chi connectivity index (χ2v) is 6.37. The van der Waals surface area contributed by atoms with E-state index in [0.29, 0.717) is 12.3 Å². The Morgan fingerprint density at radius 1 is 1.11 bits per heavy atom. The van der Waals surface area contributed by atoms with E-state index in [9.17, 15) is 27.6 Å². The smallest absolute Gasteiger partial charge is 0.418 e. The van der Waals surface area contributed by atoms with Gasteiger partial charge in [0.1, 0.15) is 6.54 Å². The van der Waals surface area contributed by atoms with E-state index >= 15 is 0 Å². The minimum atomic E-state index is -4.63. The zero-order valence-electron chi connectivity index (χ0n) is 15.4. The van der Waals surface area contributed by atoms with Crippen molar-refractivity contribution in [3.05, 3.63) is 29.8 Å². The van der Waals surface area contributed by atoms with Crippen LogP contribution in [-0.2, 0) is 25.3 Å². The third-order valence-corrected chi connectivity index (χ3v) is 3.55. The normalized spacial score (nSPS) is 12.4. The van der Waals surface area contributed by atoms with Gasteiger partial charge in [-0.25, -0.2) is 0 Å². The van der Waals surface area contributed by atoms with Gasteiger partial charge < -0.3 is 15.4 Å². The molecule has 0 bridgehead atoms. The summed E-state index contributed by atoms with van der Waals surface area (Å²) in [7, 11) is 0. The number of hydrogen-bond donors (Lipinski definition) is 2. The van der Waals surface area contributed by atoms with Gasteiger partial charge in [0.2, 0.25) is 5.91 Å². The number of halogens is 3. The number of hydrogen-bond acceptors (Lipinski definition) is 4. The van der Waals surface area contributed by atoms with Gasteiger partial charge in [-0.3, -0.25) is 14.4 Å². The van der Waals surface area contributed by atoms with E-state index in [1.165, 1.54) is 19.1 Å². The lowest BCUT2D eigenvalue weighted by Crippen LogP contribution is -2.36. The fourth-order valence-corrected chi connectivity index (χ4v) is 2.04. The van der Waals surface area contributed by atoms with E-state index in [0.717, 1.165) is 12.1 Å². The number of alkyl halides is 3. The van der Waals surface area contributed by atoms with Crippen LogP contribution in [0.25, 0.3) is 0 Å². The number of ether oxygens (including phenoxy) is 1. The van der Waals surface area contributed by atoms with Crippen LogP contribution in [0.4, 0.5) is 18.9 Å². The van der Waals surface area contributed by atoms with Gasteiger partial charge in [-0.2, -0.15) is 13.2 Å². The molecule has 0 aromatic heterocycles. The zero-order valence-corrected chi connectivity index (χ0v) is 15.4. The van der Waals surface area contributed by atoms with E-state index in [1.807, 2.05) is 13.8 Å². The molecule has 0 radical (unpaired) electrons. The number of carbonyl (C=O) groups is 3. The fraction of sp³-hybridized carbons (Fsp3) is 0.500. The first-order valence-electron chi connectivity index (χ1n) is 8.44. The number of carbonyl (C=O) groups excluding carboxylic acids is 3. The lowest BCUT2D eigenvalue weighted by molar-refractivity contribution is -0.153. The molecule has 2 N–H and O–H groups in total. The van der Waals surface area contributed by atoms with Crippen molar-refractivity contribution >= 4 is 23.5 Å². The van der Waals surface area contributed by atoms with Crippen LogP contribution in [0.5, 0.6) is 0 Å². The van der Waals surface area contributed by atoms with Crippen molar-refractivity contribution < 1.29 is 32.3 Å². The maximum atomic E-state index is 12.9. The van der Waals surface area contributed by atoms with Crippen molar-refractivity contribution in [3.8, 4) is 0 Å². The average molecular weight is 388 g/mol. The summed E-state index contributed by atoms with van der Waals surface area (Å²) in [6, 6.07) is 4.47. The fourth-order valence-electron chi connectivity index (χ4n) is 2.04. The molecule has 1 unspecified atom stereocenters. The van der Waals surface area contributed by atoms with E-state index in [2.05, 4.69) is 10.6 Å². The summed E-state index contributed by atoms with van der Waals surface area (Å²) in [6.07, 6.45) is -5.04. The Bertz CT molecular complexity index is 675. The van der Waals surface area contributed by atoms with Crippen LogP contribution in [0.1, 0.15) is 39.2 Å². The Kier molecular flexibility index (Phi) is 8.27. The van der Waals surface area contributed by atoms with E-state index in [1.54, 1.807) is 0 Å². The van der Waals surface area contributed by atoms with Gasteiger partial charge in [0.25, 0.3) is 5.91 Å². The summed E-state index contributed by atoms with van der Waals surface area (Å²) in [5, 5.41) is 4.46. The Morgan fingerprint density at radius 2 is 1.74 bits per heavy atom. The Balaban J connectivity index is 2.53. The molecular weight excluding hydrogens is 365 g/mol. The van der Waals surface area contributed by atoms with Crippen LogP contribution >= 0.6 is 0 Å². The highest BCUT2D eigenvalue weighted by atomic mass is 19.4. The van der Waals surface area contributed by atoms with Crippen LogP contribution in [-0.4, -0.2) is 30.4 Å². The first-order valence-corrected chi connectivity index (χ1v) is 8.44. The molecule has 0 saturated carbocycles. The summed E-state index contributed by atoms with van der Waals surface area (Å²) in [4.78, 5) is 35.2. The molecule has 0 aliphatic rings. The minimum absolute atomic E-state index is 0.259. The maximum Gasteiger partial charge on any atom is 0.418 e. The van der Waals surface area contributed by atoms with Crippen molar-refractivity contribution in [1.29, 1.82) is 0 Å². The van der Waals surface area contributed by atoms with Gasteiger partial charge in [-0.15, -0.1) is 0 Å². The molecule has 6 nitrogen and oxygen atoms in total. The third-order valence-electron chi connectivity index (χ3n) is 3.55. The monoisotopic (exact) mass is 388 g/mol. The van der Waals surface area contributed by atoms with Gasteiger partial charge in [0.15, 0.2) is 6.10 Å². The molecular formula is C18H23F3N2O4. The molecule has 0 fully saturated rings. The summed E-state index contributed by atoms with van der Waals surface area (Å²) < 4.78 is 43.6. The zero-order chi connectivity index (χ0) is 20.6. The molecule has 150 valence electrons. The molecule has 0 spiro atoms. The van der Waals surface area contributed by atoms with Crippen molar-refractivity contribution in [2.45, 2.75) is 45.9 Å². The highest BCUT2D eigenvalue weighted by molar-refractivity contribution is 5.96. The van der Waals surface area contributed by atoms with Crippen molar-refractivity contribution in [2.24, 2.45) is 5.92 Å². The minimum Gasteiger partial charge on any atom is -0.451 e. The van der Waals surface area contributed by atoms with Gasteiger partial charge in [0, 0.05) is 6.42 Å². The summed E-state index contributed by atoms with van der Waals surface area (Å²) in [5.74, 6) is -1.76. The third kappa shape index (κ3) is 8.10. The summed E-state index contributed by atoms with van der Waals surface area (Å²) in [5.41, 5.74) is -1.44.